The van der Waals surface area contributed by atoms with Crippen LogP contribution < -0.4 is 0 Å². The molecule has 0 bridgehead atoms. The average Bonchev–Trinajstić information content (AvgIpc) is 2.21. The molecule has 0 atom stereocenters. The van der Waals surface area contributed by atoms with Crippen molar-refractivity contribution < 1.29 is 9.90 Å². The zero-order valence-corrected chi connectivity index (χ0v) is 7.61. The van der Waals surface area contributed by atoms with Gasteiger partial charge in [0.15, 0.2) is 0 Å². The van der Waals surface area contributed by atoms with Crippen LogP contribution in [0.25, 0.3) is 0 Å². The maximum absolute atomic E-state index is 10.4. The van der Waals surface area contributed by atoms with Crippen molar-refractivity contribution in [2.45, 2.75) is 13.8 Å². The first kappa shape index (κ1) is 11.2. The van der Waals surface area contributed by atoms with E-state index in [1.54, 1.807) is 12.1 Å². The van der Waals surface area contributed by atoms with E-state index in [1.165, 1.54) is 12.1 Å². The van der Waals surface area contributed by atoms with Crippen LogP contribution in [0.2, 0.25) is 0 Å². The van der Waals surface area contributed by atoms with Crippen LogP contribution in [0, 0.1) is 11.3 Å². The fourth-order valence-electron chi connectivity index (χ4n) is 0.722. The minimum atomic E-state index is -1.01. The fourth-order valence-corrected chi connectivity index (χ4v) is 0.722. The topological polar surface area (TPSA) is 61.1 Å². The molecule has 0 fully saturated rings. The molecule has 0 radical (unpaired) electrons. The van der Waals surface area contributed by atoms with Crippen LogP contribution in [0.5, 0.6) is 0 Å². The molecule has 0 aliphatic rings. The molecule has 0 aliphatic carbocycles. The number of nitriles is 1. The quantitative estimate of drug-likeness (QED) is 0.715. The van der Waals surface area contributed by atoms with Crippen molar-refractivity contribution in [1.82, 2.24) is 0 Å². The molecule has 1 rings (SSSR count). The number of carboxylic acid groups (broad SMARTS) is 1. The number of aromatic carboxylic acids is 1. The molecule has 1 aromatic carbocycles. The molecule has 1 N–H and O–H groups in total. The first-order valence-corrected chi connectivity index (χ1v) is 3.97. The molecule has 0 unspecified atom stereocenters. The monoisotopic (exact) mass is 177 g/mol. The molecule has 0 saturated heterocycles. The van der Waals surface area contributed by atoms with Crippen molar-refractivity contribution in [3.05, 3.63) is 35.4 Å². The lowest BCUT2D eigenvalue weighted by molar-refractivity contribution is 0.0697. The number of nitrogens with zero attached hydrogens (tertiary/aromatic N) is 1. The van der Waals surface area contributed by atoms with Crippen LogP contribution >= 0.6 is 0 Å². The van der Waals surface area contributed by atoms with Crippen molar-refractivity contribution in [3.63, 3.8) is 0 Å². The molecular formula is C10H11NO2. The maximum Gasteiger partial charge on any atom is 0.335 e. The normalized spacial score (nSPS) is 7.77. The summed E-state index contributed by atoms with van der Waals surface area (Å²) in [7, 11) is 0. The highest BCUT2D eigenvalue weighted by molar-refractivity contribution is 5.87. The van der Waals surface area contributed by atoms with Crippen LogP contribution in [0.15, 0.2) is 24.3 Å². The molecule has 0 aliphatic heterocycles. The standard InChI is InChI=1S/C8H5NO2.C2H6/c9-5-6-2-1-3-7(4-6)8(10)11;1-2/h1-4H,(H,10,11);1-2H3. The summed E-state index contributed by atoms with van der Waals surface area (Å²) in [5.74, 6) is -1.01. The summed E-state index contributed by atoms with van der Waals surface area (Å²) in [5.41, 5.74) is 0.508. The van der Waals surface area contributed by atoms with Gasteiger partial charge in [-0.1, -0.05) is 19.9 Å². The lowest BCUT2D eigenvalue weighted by Crippen LogP contribution is -1.95. The third-order valence-corrected chi connectivity index (χ3v) is 1.24. The van der Waals surface area contributed by atoms with Crippen LogP contribution in [0.3, 0.4) is 0 Å². The Balaban J connectivity index is 0.000000671. The number of hydrogen-bond donors (Lipinski definition) is 1. The summed E-state index contributed by atoms with van der Waals surface area (Å²) in [6.45, 7) is 4.00. The van der Waals surface area contributed by atoms with Gasteiger partial charge in [-0.05, 0) is 18.2 Å². The minimum absolute atomic E-state index is 0.143. The predicted molar refractivity (Wildman–Crippen MR) is 49.5 cm³/mol. The highest BCUT2D eigenvalue weighted by Gasteiger charge is 2.01. The van der Waals surface area contributed by atoms with Gasteiger partial charge in [-0.3, -0.25) is 0 Å². The Bertz CT molecular complexity index is 326. The Kier molecular flexibility index (Phi) is 4.97. The Labute approximate surface area is 77.2 Å². The Morgan fingerprint density at radius 1 is 1.46 bits per heavy atom. The molecule has 3 nitrogen and oxygen atoms in total. The van der Waals surface area contributed by atoms with Crippen molar-refractivity contribution in [2.24, 2.45) is 0 Å². The van der Waals surface area contributed by atoms with Crippen molar-refractivity contribution in [3.8, 4) is 6.07 Å². The van der Waals surface area contributed by atoms with Gasteiger partial charge >= 0.3 is 5.97 Å². The summed E-state index contributed by atoms with van der Waals surface area (Å²) >= 11 is 0. The number of benzene rings is 1. The van der Waals surface area contributed by atoms with E-state index in [9.17, 15) is 4.79 Å². The third-order valence-electron chi connectivity index (χ3n) is 1.24. The van der Waals surface area contributed by atoms with E-state index in [2.05, 4.69) is 0 Å². The molecular weight excluding hydrogens is 166 g/mol. The second-order valence-corrected chi connectivity index (χ2v) is 2.00. The first-order valence-electron chi connectivity index (χ1n) is 3.97. The minimum Gasteiger partial charge on any atom is -0.478 e. The molecule has 1 aromatic rings. The number of carbonyl (C=O) groups is 1. The number of hydrogen-bond acceptors (Lipinski definition) is 2. The summed E-state index contributed by atoms with van der Waals surface area (Å²) in [4.78, 5) is 10.4. The molecule has 0 amide bonds. The first-order chi connectivity index (χ1) is 6.24. The second kappa shape index (κ2) is 5.78. The molecule has 0 spiro atoms. The Morgan fingerprint density at radius 2 is 2.08 bits per heavy atom. The van der Waals surface area contributed by atoms with Crippen molar-refractivity contribution >= 4 is 5.97 Å². The summed E-state index contributed by atoms with van der Waals surface area (Å²) in [5, 5.41) is 16.9. The van der Waals surface area contributed by atoms with E-state index < -0.39 is 5.97 Å². The molecule has 0 saturated carbocycles. The lowest BCUT2D eigenvalue weighted by atomic mass is 10.1. The van der Waals surface area contributed by atoms with Gasteiger partial charge < -0.3 is 5.11 Å². The largest absolute Gasteiger partial charge is 0.478 e. The average molecular weight is 177 g/mol. The molecule has 3 heteroatoms. The number of carboxylic acids is 1. The third kappa shape index (κ3) is 3.39. The van der Waals surface area contributed by atoms with Gasteiger partial charge in [0.05, 0.1) is 17.2 Å². The van der Waals surface area contributed by atoms with Gasteiger partial charge in [0.1, 0.15) is 0 Å². The maximum atomic E-state index is 10.4. The van der Waals surface area contributed by atoms with Gasteiger partial charge in [0.25, 0.3) is 0 Å². The predicted octanol–water partition coefficient (Wildman–Crippen LogP) is 2.28. The van der Waals surface area contributed by atoms with Crippen molar-refractivity contribution in [2.75, 3.05) is 0 Å². The van der Waals surface area contributed by atoms with Gasteiger partial charge in [-0.2, -0.15) is 5.26 Å². The van der Waals surface area contributed by atoms with Crippen LogP contribution in [0.1, 0.15) is 29.8 Å². The van der Waals surface area contributed by atoms with Crippen LogP contribution in [0.4, 0.5) is 0 Å². The van der Waals surface area contributed by atoms with E-state index in [1.807, 2.05) is 19.9 Å². The zero-order valence-electron chi connectivity index (χ0n) is 7.61. The molecule has 13 heavy (non-hydrogen) atoms. The fraction of sp³-hybridized carbons (Fsp3) is 0.200. The Morgan fingerprint density at radius 3 is 2.54 bits per heavy atom. The zero-order chi connectivity index (χ0) is 10.3. The van der Waals surface area contributed by atoms with E-state index in [4.69, 9.17) is 10.4 Å². The second-order valence-electron chi connectivity index (χ2n) is 2.00. The van der Waals surface area contributed by atoms with Crippen LogP contribution in [-0.2, 0) is 0 Å². The Hall–Kier alpha value is -1.82. The van der Waals surface area contributed by atoms with Gasteiger partial charge in [0.2, 0.25) is 0 Å². The van der Waals surface area contributed by atoms with Gasteiger partial charge in [-0.25, -0.2) is 4.79 Å². The molecule has 68 valence electrons. The lowest BCUT2D eigenvalue weighted by Gasteiger charge is -1.91. The smallest absolute Gasteiger partial charge is 0.335 e. The highest BCUT2D eigenvalue weighted by Crippen LogP contribution is 2.02. The summed E-state index contributed by atoms with van der Waals surface area (Å²) in [6, 6.07) is 7.75. The van der Waals surface area contributed by atoms with Crippen molar-refractivity contribution in [1.29, 1.82) is 5.26 Å². The van der Waals surface area contributed by atoms with Gasteiger partial charge in [-0.15, -0.1) is 0 Å². The number of rotatable bonds is 1. The van der Waals surface area contributed by atoms with E-state index in [0.717, 1.165) is 0 Å². The van der Waals surface area contributed by atoms with Crippen LogP contribution in [-0.4, -0.2) is 11.1 Å². The van der Waals surface area contributed by atoms with E-state index >= 15 is 0 Å². The SMILES string of the molecule is CC.N#Cc1cccc(C(=O)O)c1. The summed E-state index contributed by atoms with van der Waals surface area (Å²) < 4.78 is 0. The highest BCUT2D eigenvalue weighted by atomic mass is 16.4. The van der Waals surface area contributed by atoms with E-state index in [-0.39, 0.29) is 5.56 Å². The molecule has 0 aromatic heterocycles. The van der Waals surface area contributed by atoms with Gasteiger partial charge in [0, 0.05) is 0 Å². The summed E-state index contributed by atoms with van der Waals surface area (Å²) in [6.07, 6.45) is 0. The van der Waals surface area contributed by atoms with E-state index in [0.29, 0.717) is 5.56 Å². The molecule has 0 heterocycles.